The molecule has 5 heteroatoms. The highest BCUT2D eigenvalue weighted by molar-refractivity contribution is 6.12. The number of nitrogens with zero attached hydrogens (tertiary/aromatic N) is 5. The van der Waals surface area contributed by atoms with Crippen LogP contribution in [-0.2, 0) is 0 Å². The van der Waals surface area contributed by atoms with Gasteiger partial charge in [0.1, 0.15) is 5.82 Å². The van der Waals surface area contributed by atoms with Crippen LogP contribution in [-0.4, -0.2) is 23.9 Å². The Hall–Kier alpha value is -5.16. The molecule has 0 atom stereocenters. The highest BCUT2D eigenvalue weighted by Gasteiger charge is 2.17. The normalized spacial score (nSPS) is 11.8. The third-order valence-corrected chi connectivity index (χ3v) is 7.71. The van der Waals surface area contributed by atoms with E-state index in [4.69, 9.17) is 10.1 Å². The molecule has 4 heterocycles. The van der Waals surface area contributed by atoms with Gasteiger partial charge in [-0.1, -0.05) is 54.6 Å². The number of hydrogen-bond acceptors (Lipinski definition) is 2. The van der Waals surface area contributed by atoms with E-state index in [9.17, 15) is 0 Å². The quantitative estimate of drug-likeness (QED) is 0.245. The molecule has 0 aliphatic heterocycles. The highest BCUT2D eigenvalue weighted by atomic mass is 15.3. The summed E-state index contributed by atoms with van der Waals surface area (Å²) in [5.41, 5.74) is 8.92. The number of hydrogen-bond donors (Lipinski definition) is 0. The van der Waals surface area contributed by atoms with Crippen molar-refractivity contribution in [1.29, 1.82) is 0 Å². The van der Waals surface area contributed by atoms with Crippen LogP contribution in [0.5, 0.6) is 0 Å². The number of rotatable bonds is 3. The van der Waals surface area contributed by atoms with Crippen LogP contribution in [0.25, 0.3) is 60.8 Å². The average molecular weight is 504 g/mol. The van der Waals surface area contributed by atoms with E-state index in [0.717, 1.165) is 45.1 Å². The highest BCUT2D eigenvalue weighted by Crippen LogP contribution is 2.37. The summed E-state index contributed by atoms with van der Waals surface area (Å²) >= 11 is 0. The zero-order valence-corrected chi connectivity index (χ0v) is 21.7. The zero-order chi connectivity index (χ0) is 26.1. The molecular formula is C34H25N5. The molecule has 0 bridgehead atoms. The van der Waals surface area contributed by atoms with Gasteiger partial charge in [-0.3, -0.25) is 4.57 Å². The van der Waals surface area contributed by atoms with E-state index in [1.165, 1.54) is 27.1 Å². The maximum Gasteiger partial charge on any atom is 0.137 e. The van der Waals surface area contributed by atoms with Crippen LogP contribution in [0.1, 0.15) is 11.4 Å². The zero-order valence-electron chi connectivity index (χ0n) is 21.7. The van der Waals surface area contributed by atoms with E-state index in [1.54, 1.807) is 0 Å². The lowest BCUT2D eigenvalue weighted by atomic mass is 10.1. The van der Waals surface area contributed by atoms with Crippen LogP contribution in [0.2, 0.25) is 0 Å². The molecule has 0 spiro atoms. The predicted octanol–water partition coefficient (Wildman–Crippen LogP) is 8.08. The van der Waals surface area contributed by atoms with Crippen molar-refractivity contribution in [3.05, 3.63) is 127 Å². The topological polar surface area (TPSA) is 40.6 Å². The van der Waals surface area contributed by atoms with Crippen molar-refractivity contribution in [3.63, 3.8) is 0 Å². The Morgan fingerprint density at radius 1 is 0.513 bits per heavy atom. The summed E-state index contributed by atoms with van der Waals surface area (Å²) in [5.74, 6) is 0.912. The fourth-order valence-electron chi connectivity index (χ4n) is 6.09. The molecule has 186 valence electrons. The van der Waals surface area contributed by atoms with E-state index in [-0.39, 0.29) is 0 Å². The van der Waals surface area contributed by atoms with Gasteiger partial charge in [-0.15, -0.1) is 0 Å². The fourth-order valence-corrected chi connectivity index (χ4v) is 6.09. The molecule has 0 saturated heterocycles. The number of para-hydroxylation sites is 2. The summed E-state index contributed by atoms with van der Waals surface area (Å²) in [5, 5.41) is 9.64. The predicted molar refractivity (Wildman–Crippen MR) is 160 cm³/mol. The van der Waals surface area contributed by atoms with Gasteiger partial charge in [0, 0.05) is 39.1 Å². The monoisotopic (exact) mass is 503 g/mol. The van der Waals surface area contributed by atoms with Crippen molar-refractivity contribution >= 4 is 43.6 Å². The Labute approximate surface area is 225 Å². The van der Waals surface area contributed by atoms with Gasteiger partial charge in [-0.2, -0.15) is 5.10 Å². The number of benzene rings is 4. The molecular weight excluding hydrogens is 478 g/mol. The SMILES string of the molecule is Cc1cc(C)n(-c2ccc3c4ccccc4n(-c4ccc5c6ccccc6n(-c6ccccn6)c5c4)c3c2)n1. The minimum atomic E-state index is 0.912. The van der Waals surface area contributed by atoms with Crippen molar-refractivity contribution in [2.75, 3.05) is 0 Å². The first kappa shape index (κ1) is 21.9. The summed E-state index contributed by atoms with van der Waals surface area (Å²) in [7, 11) is 0. The maximum atomic E-state index is 4.75. The van der Waals surface area contributed by atoms with Gasteiger partial charge in [-0.25, -0.2) is 9.67 Å². The molecule has 39 heavy (non-hydrogen) atoms. The minimum Gasteiger partial charge on any atom is -0.309 e. The van der Waals surface area contributed by atoms with Crippen LogP contribution in [0.15, 0.2) is 115 Å². The lowest BCUT2D eigenvalue weighted by Gasteiger charge is -2.11. The Morgan fingerprint density at radius 2 is 1.10 bits per heavy atom. The van der Waals surface area contributed by atoms with E-state index >= 15 is 0 Å². The van der Waals surface area contributed by atoms with Gasteiger partial charge in [0.05, 0.1) is 33.4 Å². The molecule has 5 nitrogen and oxygen atoms in total. The van der Waals surface area contributed by atoms with Gasteiger partial charge in [0.15, 0.2) is 0 Å². The molecule has 4 aromatic carbocycles. The Bertz CT molecular complexity index is 2190. The molecule has 0 unspecified atom stereocenters. The van der Waals surface area contributed by atoms with E-state index in [0.29, 0.717) is 0 Å². The fraction of sp³-hybridized carbons (Fsp3) is 0.0588. The second kappa shape index (κ2) is 8.17. The lowest BCUT2D eigenvalue weighted by molar-refractivity contribution is 0.834. The van der Waals surface area contributed by atoms with Crippen molar-refractivity contribution in [3.8, 4) is 17.2 Å². The molecule has 0 aliphatic rings. The first-order valence-electron chi connectivity index (χ1n) is 13.2. The van der Waals surface area contributed by atoms with Gasteiger partial charge < -0.3 is 4.57 Å². The van der Waals surface area contributed by atoms with Crippen molar-refractivity contribution in [2.24, 2.45) is 0 Å². The van der Waals surface area contributed by atoms with Gasteiger partial charge in [0.2, 0.25) is 0 Å². The molecule has 8 aromatic rings. The minimum absolute atomic E-state index is 0.912. The second-order valence-corrected chi connectivity index (χ2v) is 10.1. The van der Waals surface area contributed by atoms with E-state index in [1.807, 2.05) is 29.9 Å². The summed E-state index contributed by atoms with van der Waals surface area (Å²) in [4.78, 5) is 4.72. The number of aromatic nitrogens is 5. The van der Waals surface area contributed by atoms with Crippen molar-refractivity contribution in [1.82, 2.24) is 23.9 Å². The van der Waals surface area contributed by atoms with Crippen LogP contribution < -0.4 is 0 Å². The van der Waals surface area contributed by atoms with Gasteiger partial charge in [-0.05, 0) is 68.4 Å². The summed E-state index contributed by atoms with van der Waals surface area (Å²) in [6, 6.07) is 38.8. The third-order valence-electron chi connectivity index (χ3n) is 7.71. The first-order chi connectivity index (χ1) is 19.2. The molecule has 0 radical (unpaired) electrons. The van der Waals surface area contributed by atoms with Crippen LogP contribution in [0.4, 0.5) is 0 Å². The number of pyridine rings is 1. The molecule has 0 aliphatic carbocycles. The molecule has 0 amide bonds. The Morgan fingerprint density at radius 3 is 1.77 bits per heavy atom. The van der Waals surface area contributed by atoms with Crippen LogP contribution in [0.3, 0.4) is 0 Å². The number of aryl methyl sites for hydroxylation is 2. The average Bonchev–Trinajstić information content (AvgIpc) is 3.61. The van der Waals surface area contributed by atoms with Crippen LogP contribution >= 0.6 is 0 Å². The maximum absolute atomic E-state index is 4.75. The largest absolute Gasteiger partial charge is 0.309 e. The third kappa shape index (κ3) is 3.20. The summed E-state index contributed by atoms with van der Waals surface area (Å²) in [6.45, 7) is 4.14. The Kier molecular flexibility index (Phi) is 4.58. The van der Waals surface area contributed by atoms with Gasteiger partial charge in [0.25, 0.3) is 0 Å². The smallest absolute Gasteiger partial charge is 0.137 e. The lowest BCUT2D eigenvalue weighted by Crippen LogP contribution is -2.00. The van der Waals surface area contributed by atoms with E-state index < -0.39 is 0 Å². The molecule has 0 N–H and O–H groups in total. The standard InChI is InChI=1S/C34H25N5/c1-22-19-23(2)39(36-22)25-15-17-28-26-9-3-5-11-30(26)37(32(28)21-25)24-14-16-29-27-10-4-6-12-31(27)38(33(29)20-24)34-13-7-8-18-35-34/h3-21H,1-2H3. The summed E-state index contributed by atoms with van der Waals surface area (Å²) in [6.07, 6.45) is 1.85. The van der Waals surface area contributed by atoms with Crippen molar-refractivity contribution in [2.45, 2.75) is 13.8 Å². The molecule has 0 fully saturated rings. The molecule has 0 saturated carbocycles. The summed E-state index contributed by atoms with van der Waals surface area (Å²) < 4.78 is 6.67. The Balaban J connectivity index is 1.46. The number of fused-ring (bicyclic) bond motifs is 6. The van der Waals surface area contributed by atoms with Crippen molar-refractivity contribution < 1.29 is 0 Å². The van der Waals surface area contributed by atoms with Gasteiger partial charge >= 0.3 is 0 Å². The second-order valence-electron chi connectivity index (χ2n) is 10.1. The first-order valence-corrected chi connectivity index (χ1v) is 13.2. The molecule has 8 rings (SSSR count). The van der Waals surface area contributed by atoms with Crippen LogP contribution in [0, 0.1) is 13.8 Å². The van der Waals surface area contributed by atoms with E-state index in [2.05, 4.69) is 113 Å². The molecule has 4 aromatic heterocycles.